The van der Waals surface area contributed by atoms with Gasteiger partial charge in [0.2, 0.25) is 5.91 Å². The van der Waals surface area contributed by atoms with Crippen molar-refractivity contribution in [2.75, 3.05) is 42.6 Å². The Bertz CT molecular complexity index is 1390. The van der Waals surface area contributed by atoms with Crippen LogP contribution in [0.2, 0.25) is 0 Å². The Morgan fingerprint density at radius 3 is 2.32 bits per heavy atom. The lowest BCUT2D eigenvalue weighted by molar-refractivity contribution is -0.159. The number of hydrogen-bond donors (Lipinski definition) is 1. The van der Waals surface area contributed by atoms with Crippen LogP contribution < -0.4 is 9.80 Å². The van der Waals surface area contributed by atoms with Gasteiger partial charge in [-0.3, -0.25) is 14.4 Å². The lowest BCUT2D eigenvalue weighted by atomic mass is 9.66. The first-order chi connectivity index (χ1) is 21.2. The maximum atomic E-state index is 14.9. The van der Waals surface area contributed by atoms with Crippen LogP contribution in [-0.2, 0) is 23.9 Å². The molecule has 0 aliphatic carbocycles. The molecule has 5 rings (SSSR count). The molecule has 3 aliphatic heterocycles. The average Bonchev–Trinajstić information content (AvgIpc) is 3.61. The van der Waals surface area contributed by atoms with E-state index in [0.717, 1.165) is 18.8 Å². The zero-order valence-corrected chi connectivity index (χ0v) is 25.9. The topological polar surface area (TPSA) is 99.6 Å². The number of aliphatic hydroxyl groups is 1. The predicted octanol–water partition coefficient (Wildman–Crippen LogP) is 4.28. The molecule has 234 valence electrons. The van der Waals surface area contributed by atoms with Crippen molar-refractivity contribution in [1.82, 2.24) is 4.90 Å². The number of carbonyl (C=O) groups is 3. The van der Waals surface area contributed by atoms with E-state index in [-0.39, 0.29) is 19.1 Å². The van der Waals surface area contributed by atoms with Gasteiger partial charge in [0.1, 0.15) is 24.2 Å². The number of rotatable bonds is 13. The molecule has 3 aliphatic rings. The molecule has 3 fully saturated rings. The Labute approximate surface area is 259 Å². The van der Waals surface area contributed by atoms with Crippen molar-refractivity contribution >= 4 is 29.2 Å². The van der Waals surface area contributed by atoms with Crippen molar-refractivity contribution in [2.24, 2.45) is 11.8 Å². The van der Waals surface area contributed by atoms with Gasteiger partial charge in [0.15, 0.2) is 0 Å². The van der Waals surface area contributed by atoms with Crippen molar-refractivity contribution in [2.45, 2.75) is 56.9 Å². The molecule has 2 aromatic carbocycles. The third kappa shape index (κ3) is 5.02. The van der Waals surface area contributed by atoms with Gasteiger partial charge in [-0.05, 0) is 63.4 Å². The standard InChI is InChI=1S/C35H43N3O6/c1-6-21-37(26-17-15-25(16-18-26)36(8-3)9-4)32(41)30-35-20-19-34(5,44-35)29(33(42)43-22-7-2)28(35)31(40)38(30)27(23-39)24-13-11-10-12-14-24/h6-7,10-18,27-30,39H,1-2,8-9,19-23H2,3-5H3/t27-,28+,29+,30?,34-,35?/m1/s1. The van der Waals surface area contributed by atoms with E-state index in [1.807, 2.05) is 61.5 Å². The summed E-state index contributed by atoms with van der Waals surface area (Å²) >= 11 is 0. The molecule has 9 heteroatoms. The summed E-state index contributed by atoms with van der Waals surface area (Å²) < 4.78 is 12.2. The number of aliphatic hydroxyl groups excluding tert-OH is 1. The van der Waals surface area contributed by atoms with Crippen LogP contribution in [0.1, 0.15) is 45.2 Å². The molecule has 0 saturated carbocycles. The Morgan fingerprint density at radius 1 is 1.07 bits per heavy atom. The largest absolute Gasteiger partial charge is 0.461 e. The summed E-state index contributed by atoms with van der Waals surface area (Å²) in [5, 5.41) is 10.7. The number of anilines is 2. The van der Waals surface area contributed by atoms with Gasteiger partial charge in [0, 0.05) is 31.0 Å². The molecule has 1 N–H and O–H groups in total. The second kappa shape index (κ2) is 12.6. The molecule has 1 spiro atoms. The molecule has 2 aromatic rings. The molecule has 3 heterocycles. The van der Waals surface area contributed by atoms with Crippen molar-refractivity contribution < 1.29 is 29.0 Å². The number of fused-ring (bicyclic) bond motifs is 1. The maximum Gasteiger partial charge on any atom is 0.313 e. The number of ether oxygens (including phenoxy) is 2. The third-order valence-electron chi connectivity index (χ3n) is 9.61. The zero-order chi connectivity index (χ0) is 31.6. The van der Waals surface area contributed by atoms with Crippen LogP contribution in [-0.4, -0.2) is 77.9 Å². The van der Waals surface area contributed by atoms with Crippen molar-refractivity contribution in [1.29, 1.82) is 0 Å². The van der Waals surface area contributed by atoms with E-state index in [0.29, 0.717) is 24.1 Å². The molecule has 44 heavy (non-hydrogen) atoms. The summed E-state index contributed by atoms with van der Waals surface area (Å²) in [6.45, 7) is 15.0. The summed E-state index contributed by atoms with van der Waals surface area (Å²) in [6, 6.07) is 15.0. The van der Waals surface area contributed by atoms with Crippen molar-refractivity contribution in [3.8, 4) is 0 Å². The van der Waals surface area contributed by atoms with Crippen LogP contribution in [0.3, 0.4) is 0 Å². The summed E-state index contributed by atoms with van der Waals surface area (Å²) in [5.74, 6) is -3.14. The SMILES string of the molecule is C=CCOC(=O)[C@@H]1[C@H]2C(=O)N([C@H](CO)c3ccccc3)C(C(=O)N(CC=C)c3ccc(N(CC)CC)cc3)C23CC[C@@]1(C)O3. The second-order valence-corrected chi connectivity index (χ2v) is 11.9. The Morgan fingerprint density at radius 2 is 1.73 bits per heavy atom. The Kier molecular flexibility index (Phi) is 9.00. The van der Waals surface area contributed by atoms with E-state index in [1.54, 1.807) is 11.0 Å². The summed E-state index contributed by atoms with van der Waals surface area (Å²) in [7, 11) is 0. The summed E-state index contributed by atoms with van der Waals surface area (Å²) in [4.78, 5) is 48.3. The molecule has 0 radical (unpaired) electrons. The molecule has 2 amide bonds. The molecule has 2 unspecified atom stereocenters. The van der Waals surface area contributed by atoms with E-state index >= 15 is 0 Å². The lowest BCUT2D eigenvalue weighted by Crippen LogP contribution is -2.57. The summed E-state index contributed by atoms with van der Waals surface area (Å²) in [5.41, 5.74) is 0.127. The van der Waals surface area contributed by atoms with E-state index < -0.39 is 53.6 Å². The van der Waals surface area contributed by atoms with Gasteiger partial charge < -0.3 is 29.3 Å². The fourth-order valence-electron chi connectivity index (χ4n) is 7.63. The van der Waals surface area contributed by atoms with E-state index in [1.165, 1.54) is 11.0 Å². The fraction of sp³-hybridized carbons (Fsp3) is 0.457. The highest BCUT2D eigenvalue weighted by atomic mass is 16.6. The molecular weight excluding hydrogens is 558 g/mol. The average molecular weight is 602 g/mol. The first-order valence-electron chi connectivity index (χ1n) is 15.4. The lowest BCUT2D eigenvalue weighted by Gasteiger charge is -2.39. The van der Waals surface area contributed by atoms with Crippen LogP contribution in [0.25, 0.3) is 0 Å². The number of likely N-dealkylation sites (tertiary alicyclic amines) is 1. The van der Waals surface area contributed by atoms with Crippen molar-refractivity contribution in [3.63, 3.8) is 0 Å². The fourth-order valence-corrected chi connectivity index (χ4v) is 7.63. The predicted molar refractivity (Wildman–Crippen MR) is 169 cm³/mol. The molecule has 6 atom stereocenters. The van der Waals surface area contributed by atoms with E-state index in [9.17, 15) is 19.5 Å². The van der Waals surface area contributed by atoms with E-state index in [2.05, 4.69) is 31.9 Å². The number of hydrogen-bond acceptors (Lipinski definition) is 7. The van der Waals surface area contributed by atoms with Gasteiger partial charge >= 0.3 is 5.97 Å². The first-order valence-corrected chi connectivity index (χ1v) is 15.4. The molecule has 2 bridgehead atoms. The quantitative estimate of drug-likeness (QED) is 0.270. The van der Waals surface area contributed by atoms with Gasteiger partial charge in [-0.1, -0.05) is 49.1 Å². The highest BCUT2D eigenvalue weighted by Gasteiger charge is 2.79. The number of benzene rings is 2. The number of amides is 2. The highest BCUT2D eigenvalue weighted by molar-refractivity contribution is 6.05. The zero-order valence-electron chi connectivity index (χ0n) is 25.9. The Hall–Kier alpha value is -3.95. The van der Waals surface area contributed by atoms with Gasteiger partial charge in [-0.2, -0.15) is 0 Å². The van der Waals surface area contributed by atoms with Gasteiger partial charge in [-0.25, -0.2) is 0 Å². The van der Waals surface area contributed by atoms with Crippen LogP contribution in [0, 0.1) is 11.8 Å². The Balaban J connectivity index is 1.62. The monoisotopic (exact) mass is 601 g/mol. The number of nitrogens with zero attached hydrogens (tertiary/aromatic N) is 3. The minimum Gasteiger partial charge on any atom is -0.461 e. The van der Waals surface area contributed by atoms with Crippen LogP contribution >= 0.6 is 0 Å². The third-order valence-corrected chi connectivity index (χ3v) is 9.61. The van der Waals surface area contributed by atoms with Gasteiger partial charge in [0.05, 0.1) is 24.2 Å². The molecule has 9 nitrogen and oxygen atoms in total. The summed E-state index contributed by atoms with van der Waals surface area (Å²) in [6.07, 6.45) is 4.02. The van der Waals surface area contributed by atoms with Crippen LogP contribution in [0.15, 0.2) is 79.9 Å². The molecule has 3 saturated heterocycles. The van der Waals surface area contributed by atoms with Gasteiger partial charge in [0.25, 0.3) is 5.91 Å². The molecular formula is C35H43N3O6. The van der Waals surface area contributed by atoms with E-state index in [4.69, 9.17) is 9.47 Å². The van der Waals surface area contributed by atoms with Crippen molar-refractivity contribution in [3.05, 3.63) is 85.5 Å². The second-order valence-electron chi connectivity index (χ2n) is 11.9. The first kappa shape index (κ1) is 31.5. The minimum absolute atomic E-state index is 0.00523. The highest BCUT2D eigenvalue weighted by Crippen LogP contribution is 2.64. The molecule has 0 aromatic heterocycles. The normalized spacial score (nSPS) is 27.5. The van der Waals surface area contributed by atoms with Crippen LogP contribution in [0.4, 0.5) is 11.4 Å². The smallest absolute Gasteiger partial charge is 0.313 e. The minimum atomic E-state index is -1.27. The maximum absolute atomic E-state index is 14.9. The number of carbonyl (C=O) groups excluding carboxylic acids is 3. The van der Waals surface area contributed by atoms with Crippen LogP contribution in [0.5, 0.6) is 0 Å². The van der Waals surface area contributed by atoms with Gasteiger partial charge in [-0.15, -0.1) is 6.58 Å². The number of esters is 1.